The van der Waals surface area contributed by atoms with Crippen molar-refractivity contribution in [3.05, 3.63) is 35.4 Å². The van der Waals surface area contributed by atoms with Gasteiger partial charge in [-0.2, -0.15) is 0 Å². The summed E-state index contributed by atoms with van der Waals surface area (Å²) in [4.78, 5) is 4.61. The zero-order chi connectivity index (χ0) is 20.3. The Labute approximate surface area is 187 Å². The smallest absolute Gasteiger partial charge is 0.191 e. The number of sulfone groups is 1. The van der Waals surface area contributed by atoms with Crippen LogP contribution >= 0.6 is 24.0 Å². The van der Waals surface area contributed by atoms with Crippen LogP contribution in [-0.2, 0) is 26.9 Å². The molecule has 0 saturated heterocycles. The number of ether oxygens (including phenoxy) is 1. The number of guanidine groups is 1. The molecule has 0 spiro atoms. The summed E-state index contributed by atoms with van der Waals surface area (Å²) in [6.07, 6.45) is 2.42. The number of hydrogen-bond donors (Lipinski definition) is 2. The average Bonchev–Trinajstić information content (AvgIpc) is 2.58. The molecular weight excluding hydrogens is 489 g/mol. The maximum atomic E-state index is 11.4. The van der Waals surface area contributed by atoms with Crippen LogP contribution in [0.5, 0.6) is 0 Å². The minimum Gasteiger partial charge on any atom is -0.378 e. The minimum absolute atomic E-state index is 0. The van der Waals surface area contributed by atoms with Crippen LogP contribution in [0.15, 0.2) is 29.3 Å². The van der Waals surface area contributed by atoms with Crippen molar-refractivity contribution in [2.45, 2.75) is 52.5 Å². The first-order chi connectivity index (χ1) is 12.7. The number of aliphatic imine (C=N–C) groups is 1. The SMILES string of the molecule is CCNC(=NCc1ccc(CS(C)(=O)=O)cc1)NCCC(OCC)C(C)C.I. The minimum atomic E-state index is -3.01. The molecule has 8 heteroatoms. The summed E-state index contributed by atoms with van der Waals surface area (Å²) in [5.74, 6) is 1.32. The molecule has 0 bridgehead atoms. The van der Waals surface area contributed by atoms with Crippen molar-refractivity contribution in [1.82, 2.24) is 10.6 Å². The van der Waals surface area contributed by atoms with E-state index in [1.807, 2.05) is 38.1 Å². The van der Waals surface area contributed by atoms with Crippen LogP contribution in [0.25, 0.3) is 0 Å². The number of halogens is 1. The first kappa shape index (κ1) is 27.1. The molecule has 1 rings (SSSR count). The third kappa shape index (κ3) is 11.9. The number of rotatable bonds is 11. The van der Waals surface area contributed by atoms with Crippen LogP contribution < -0.4 is 10.6 Å². The second kappa shape index (κ2) is 14.2. The van der Waals surface area contributed by atoms with E-state index in [2.05, 4.69) is 29.5 Å². The molecule has 1 unspecified atom stereocenters. The van der Waals surface area contributed by atoms with E-state index in [-0.39, 0.29) is 35.8 Å². The van der Waals surface area contributed by atoms with E-state index < -0.39 is 9.84 Å². The van der Waals surface area contributed by atoms with Crippen molar-refractivity contribution in [3.63, 3.8) is 0 Å². The fraction of sp³-hybridized carbons (Fsp3) is 0.650. The van der Waals surface area contributed by atoms with Crippen LogP contribution in [-0.4, -0.2) is 46.4 Å². The highest BCUT2D eigenvalue weighted by Gasteiger charge is 2.13. The highest BCUT2D eigenvalue weighted by molar-refractivity contribution is 14.0. The highest BCUT2D eigenvalue weighted by atomic mass is 127. The molecule has 1 atom stereocenters. The van der Waals surface area contributed by atoms with Gasteiger partial charge in [0.2, 0.25) is 0 Å². The standard InChI is InChI=1S/C20H35N3O3S.HI/c1-6-21-20(22-13-12-19(16(3)4)26-7-2)23-14-17-8-10-18(11-9-17)15-27(5,24)25;/h8-11,16,19H,6-7,12-15H2,1-5H3,(H2,21,22,23);1H. The maximum absolute atomic E-state index is 11.4. The predicted octanol–water partition coefficient (Wildman–Crippen LogP) is 3.36. The molecule has 0 heterocycles. The normalized spacial score (nSPS) is 13.1. The molecule has 0 aliphatic rings. The lowest BCUT2D eigenvalue weighted by molar-refractivity contribution is 0.0258. The van der Waals surface area contributed by atoms with Gasteiger partial charge in [0.15, 0.2) is 15.8 Å². The Hall–Kier alpha value is -0.870. The molecule has 0 radical (unpaired) electrons. The molecule has 0 aliphatic heterocycles. The van der Waals surface area contributed by atoms with E-state index in [1.54, 1.807) is 0 Å². The van der Waals surface area contributed by atoms with Gasteiger partial charge in [-0.25, -0.2) is 13.4 Å². The number of nitrogens with zero attached hydrogens (tertiary/aromatic N) is 1. The number of benzene rings is 1. The summed E-state index contributed by atoms with van der Waals surface area (Å²) in [5.41, 5.74) is 1.84. The zero-order valence-electron chi connectivity index (χ0n) is 17.7. The Morgan fingerprint density at radius 1 is 1.11 bits per heavy atom. The molecule has 6 nitrogen and oxygen atoms in total. The third-order valence-corrected chi connectivity index (χ3v) is 4.92. The van der Waals surface area contributed by atoms with Gasteiger partial charge in [0.1, 0.15) is 0 Å². The zero-order valence-corrected chi connectivity index (χ0v) is 20.8. The van der Waals surface area contributed by atoms with Crippen molar-refractivity contribution < 1.29 is 13.2 Å². The molecule has 1 aromatic rings. The van der Waals surface area contributed by atoms with Crippen LogP contribution in [0.3, 0.4) is 0 Å². The molecule has 162 valence electrons. The van der Waals surface area contributed by atoms with Crippen molar-refractivity contribution in [2.75, 3.05) is 26.0 Å². The summed E-state index contributed by atoms with van der Waals surface area (Å²) < 4.78 is 28.5. The Balaban J connectivity index is 0.00000729. The van der Waals surface area contributed by atoms with E-state index in [4.69, 9.17) is 4.74 Å². The fourth-order valence-electron chi connectivity index (χ4n) is 2.71. The number of nitrogens with one attached hydrogen (secondary N) is 2. The van der Waals surface area contributed by atoms with E-state index in [0.29, 0.717) is 12.5 Å². The van der Waals surface area contributed by atoms with Gasteiger partial charge < -0.3 is 15.4 Å². The van der Waals surface area contributed by atoms with Crippen molar-refractivity contribution in [1.29, 1.82) is 0 Å². The summed E-state index contributed by atoms with van der Waals surface area (Å²) in [6.45, 7) is 11.3. The summed E-state index contributed by atoms with van der Waals surface area (Å²) in [6, 6.07) is 7.55. The van der Waals surface area contributed by atoms with Crippen LogP contribution in [0.4, 0.5) is 0 Å². The maximum Gasteiger partial charge on any atom is 0.191 e. The first-order valence-corrected chi connectivity index (χ1v) is 11.7. The molecule has 0 aliphatic carbocycles. The van der Waals surface area contributed by atoms with E-state index in [0.717, 1.165) is 43.2 Å². The van der Waals surface area contributed by atoms with Gasteiger partial charge in [0.25, 0.3) is 0 Å². The Morgan fingerprint density at radius 2 is 1.71 bits per heavy atom. The molecule has 1 aromatic carbocycles. The molecule has 28 heavy (non-hydrogen) atoms. The van der Waals surface area contributed by atoms with Gasteiger partial charge in [0, 0.05) is 26.0 Å². The Kier molecular flexibility index (Phi) is 13.7. The largest absolute Gasteiger partial charge is 0.378 e. The van der Waals surface area contributed by atoms with Crippen LogP contribution in [0.2, 0.25) is 0 Å². The Morgan fingerprint density at radius 3 is 2.21 bits per heavy atom. The average molecular weight is 525 g/mol. The lowest BCUT2D eigenvalue weighted by Crippen LogP contribution is -2.39. The van der Waals surface area contributed by atoms with Gasteiger partial charge in [0.05, 0.1) is 18.4 Å². The third-order valence-electron chi connectivity index (χ3n) is 4.06. The van der Waals surface area contributed by atoms with Crippen molar-refractivity contribution in [3.8, 4) is 0 Å². The van der Waals surface area contributed by atoms with Crippen LogP contribution in [0, 0.1) is 5.92 Å². The van der Waals surface area contributed by atoms with Crippen molar-refractivity contribution >= 4 is 39.8 Å². The van der Waals surface area contributed by atoms with Gasteiger partial charge in [-0.05, 0) is 37.3 Å². The molecule has 0 amide bonds. The van der Waals surface area contributed by atoms with Gasteiger partial charge in [-0.15, -0.1) is 24.0 Å². The molecule has 0 saturated carbocycles. The molecular formula is C20H36IN3O3S. The summed E-state index contributed by atoms with van der Waals surface area (Å²) >= 11 is 0. The van der Waals surface area contributed by atoms with E-state index >= 15 is 0 Å². The second-order valence-electron chi connectivity index (χ2n) is 7.04. The van der Waals surface area contributed by atoms with E-state index in [1.165, 1.54) is 6.26 Å². The predicted molar refractivity (Wildman–Crippen MR) is 128 cm³/mol. The quantitative estimate of drug-likeness (QED) is 0.263. The number of hydrogen-bond acceptors (Lipinski definition) is 4. The first-order valence-electron chi connectivity index (χ1n) is 9.64. The fourth-order valence-corrected chi connectivity index (χ4v) is 3.51. The Bertz CT molecular complexity index is 676. The summed E-state index contributed by atoms with van der Waals surface area (Å²) in [7, 11) is -3.01. The lowest BCUT2D eigenvalue weighted by Gasteiger charge is -2.21. The lowest BCUT2D eigenvalue weighted by atomic mass is 10.0. The van der Waals surface area contributed by atoms with Crippen LogP contribution in [0.1, 0.15) is 45.2 Å². The topological polar surface area (TPSA) is 79.8 Å². The molecule has 0 aromatic heterocycles. The molecule has 0 fully saturated rings. The van der Waals surface area contributed by atoms with Gasteiger partial charge in [-0.3, -0.25) is 0 Å². The highest BCUT2D eigenvalue weighted by Crippen LogP contribution is 2.10. The van der Waals surface area contributed by atoms with Gasteiger partial charge in [-0.1, -0.05) is 38.1 Å². The monoisotopic (exact) mass is 525 g/mol. The summed E-state index contributed by atoms with van der Waals surface area (Å²) in [5, 5.41) is 6.61. The molecule has 2 N–H and O–H groups in total. The van der Waals surface area contributed by atoms with Gasteiger partial charge >= 0.3 is 0 Å². The van der Waals surface area contributed by atoms with E-state index in [9.17, 15) is 8.42 Å². The second-order valence-corrected chi connectivity index (χ2v) is 9.18. The van der Waals surface area contributed by atoms with Crippen molar-refractivity contribution in [2.24, 2.45) is 10.9 Å².